The number of non-ortho nitro benzene ring substituents is 1. The van der Waals surface area contributed by atoms with Crippen LogP contribution in [0.15, 0.2) is 47.6 Å². The van der Waals surface area contributed by atoms with E-state index in [9.17, 15) is 20.0 Å². The third-order valence-corrected chi connectivity index (χ3v) is 4.77. The summed E-state index contributed by atoms with van der Waals surface area (Å²) in [5, 5.41) is 26.8. The van der Waals surface area contributed by atoms with Gasteiger partial charge in [0.1, 0.15) is 0 Å². The topological polar surface area (TPSA) is 105 Å². The lowest BCUT2D eigenvalue weighted by Crippen LogP contribution is -2.36. The normalized spacial score (nSPS) is 16.6. The molecule has 8 heteroatoms. The number of amides is 1. The molecule has 1 heterocycles. The van der Waals surface area contributed by atoms with Crippen LogP contribution < -0.4 is 4.74 Å². The molecule has 146 valence electrons. The van der Waals surface area contributed by atoms with Crippen molar-refractivity contribution < 1.29 is 19.6 Å². The molecule has 2 aromatic carbocycles. The number of hydrazone groups is 1. The molecule has 0 aromatic heterocycles. The van der Waals surface area contributed by atoms with Crippen LogP contribution in [0.1, 0.15) is 30.9 Å². The lowest BCUT2D eigenvalue weighted by molar-refractivity contribution is -0.384. The number of hydrogen-bond acceptors (Lipinski definition) is 6. The van der Waals surface area contributed by atoms with Gasteiger partial charge in [0.05, 0.1) is 24.3 Å². The maximum absolute atomic E-state index is 12.5. The Morgan fingerprint density at radius 1 is 1.29 bits per heavy atom. The molecule has 1 aliphatic rings. The second-order valence-electron chi connectivity index (χ2n) is 6.56. The van der Waals surface area contributed by atoms with Crippen molar-refractivity contribution in [1.29, 1.82) is 0 Å². The number of nitrogens with zero attached hydrogens (tertiary/aromatic N) is 3. The maximum atomic E-state index is 12.5. The van der Waals surface area contributed by atoms with E-state index in [0.717, 1.165) is 23.3 Å². The standard InChI is InChI=1S/C20H21N3O5/c1-3-14-11-19(25)22(12-13-4-7-16(8-5-13)23(26)27)21-20(14)15-6-9-18(28-2)17(24)10-15/h4-10,14,24H,3,11-12H2,1-2H3. The predicted octanol–water partition coefficient (Wildman–Crippen LogP) is 3.47. The fraction of sp³-hybridized carbons (Fsp3) is 0.300. The Balaban J connectivity index is 1.90. The van der Waals surface area contributed by atoms with Gasteiger partial charge in [0, 0.05) is 30.0 Å². The number of ether oxygens (including phenoxy) is 1. The first-order valence-electron chi connectivity index (χ1n) is 8.92. The van der Waals surface area contributed by atoms with Crippen molar-refractivity contribution in [3.63, 3.8) is 0 Å². The molecule has 1 amide bonds. The summed E-state index contributed by atoms with van der Waals surface area (Å²) in [6.45, 7) is 2.21. The van der Waals surface area contributed by atoms with Gasteiger partial charge in [-0.25, -0.2) is 5.01 Å². The zero-order valence-electron chi connectivity index (χ0n) is 15.7. The zero-order valence-corrected chi connectivity index (χ0v) is 15.7. The molecular formula is C20H21N3O5. The van der Waals surface area contributed by atoms with Crippen LogP contribution >= 0.6 is 0 Å². The number of methoxy groups -OCH3 is 1. The molecule has 0 aliphatic carbocycles. The quantitative estimate of drug-likeness (QED) is 0.607. The van der Waals surface area contributed by atoms with Crippen molar-refractivity contribution in [2.45, 2.75) is 26.3 Å². The highest BCUT2D eigenvalue weighted by atomic mass is 16.6. The second-order valence-corrected chi connectivity index (χ2v) is 6.56. The first kappa shape index (κ1) is 19.3. The average molecular weight is 383 g/mol. The van der Waals surface area contributed by atoms with Gasteiger partial charge in [-0.2, -0.15) is 5.10 Å². The third kappa shape index (κ3) is 3.95. The van der Waals surface area contributed by atoms with Crippen LogP contribution in [0.5, 0.6) is 11.5 Å². The minimum Gasteiger partial charge on any atom is -0.504 e. The Bertz CT molecular complexity index is 924. The highest BCUT2D eigenvalue weighted by Gasteiger charge is 2.29. The summed E-state index contributed by atoms with van der Waals surface area (Å²) in [7, 11) is 1.48. The van der Waals surface area contributed by atoms with Gasteiger partial charge in [0.15, 0.2) is 11.5 Å². The average Bonchev–Trinajstić information content (AvgIpc) is 2.69. The van der Waals surface area contributed by atoms with Crippen LogP contribution in [0.2, 0.25) is 0 Å². The maximum Gasteiger partial charge on any atom is 0.269 e. The highest BCUT2D eigenvalue weighted by molar-refractivity contribution is 6.06. The summed E-state index contributed by atoms with van der Waals surface area (Å²) >= 11 is 0. The Hall–Kier alpha value is -3.42. The zero-order chi connectivity index (χ0) is 20.3. The molecule has 28 heavy (non-hydrogen) atoms. The number of nitro groups is 1. The van der Waals surface area contributed by atoms with E-state index < -0.39 is 4.92 Å². The molecule has 1 unspecified atom stereocenters. The van der Waals surface area contributed by atoms with Crippen molar-refractivity contribution in [3.8, 4) is 11.5 Å². The first-order valence-corrected chi connectivity index (χ1v) is 8.92. The van der Waals surface area contributed by atoms with Gasteiger partial charge in [-0.05, 0) is 30.2 Å². The van der Waals surface area contributed by atoms with E-state index >= 15 is 0 Å². The predicted molar refractivity (Wildman–Crippen MR) is 103 cm³/mol. The van der Waals surface area contributed by atoms with Crippen molar-refractivity contribution >= 4 is 17.3 Å². The van der Waals surface area contributed by atoms with E-state index in [1.54, 1.807) is 30.3 Å². The minimum absolute atomic E-state index is 0.00216. The van der Waals surface area contributed by atoms with Crippen LogP contribution in [0, 0.1) is 16.0 Å². The molecule has 3 rings (SSSR count). The van der Waals surface area contributed by atoms with Crippen molar-refractivity contribution in [2.75, 3.05) is 7.11 Å². The van der Waals surface area contributed by atoms with Gasteiger partial charge >= 0.3 is 0 Å². The second kappa shape index (κ2) is 8.08. The van der Waals surface area contributed by atoms with Crippen molar-refractivity contribution in [1.82, 2.24) is 5.01 Å². The highest BCUT2D eigenvalue weighted by Crippen LogP contribution is 2.31. The Kier molecular flexibility index (Phi) is 5.58. The number of carbonyl (C=O) groups is 1. The fourth-order valence-electron chi connectivity index (χ4n) is 3.18. The molecular weight excluding hydrogens is 362 g/mol. The lowest BCUT2D eigenvalue weighted by Gasteiger charge is -2.29. The van der Waals surface area contributed by atoms with Crippen molar-refractivity contribution in [3.05, 3.63) is 63.7 Å². The fourth-order valence-corrected chi connectivity index (χ4v) is 3.18. The third-order valence-electron chi connectivity index (χ3n) is 4.77. The summed E-state index contributed by atoms with van der Waals surface area (Å²) in [5.74, 6) is 0.225. The van der Waals surface area contributed by atoms with Crippen LogP contribution in [0.25, 0.3) is 0 Å². The summed E-state index contributed by atoms with van der Waals surface area (Å²) in [5.41, 5.74) is 2.19. The number of phenolic OH excluding ortho intramolecular Hbond substituents is 1. The van der Waals surface area contributed by atoms with E-state index in [-0.39, 0.29) is 29.8 Å². The van der Waals surface area contributed by atoms with Gasteiger partial charge in [-0.15, -0.1) is 0 Å². The molecule has 1 N–H and O–H groups in total. The van der Waals surface area contributed by atoms with Crippen molar-refractivity contribution in [2.24, 2.45) is 11.0 Å². The first-order chi connectivity index (χ1) is 13.4. The molecule has 0 saturated carbocycles. The molecule has 0 bridgehead atoms. The summed E-state index contributed by atoms with van der Waals surface area (Å²) in [4.78, 5) is 22.9. The number of rotatable bonds is 6. The summed E-state index contributed by atoms with van der Waals surface area (Å²) < 4.78 is 5.08. The van der Waals surface area contributed by atoms with E-state index in [2.05, 4.69) is 5.10 Å². The van der Waals surface area contributed by atoms with E-state index in [1.807, 2.05) is 6.92 Å². The Labute approximate surface area is 162 Å². The Morgan fingerprint density at radius 2 is 2.00 bits per heavy atom. The minimum atomic E-state index is -0.464. The van der Waals surface area contributed by atoms with Gasteiger partial charge in [-0.1, -0.05) is 19.1 Å². The molecule has 8 nitrogen and oxygen atoms in total. The van der Waals surface area contributed by atoms with Crippen LogP contribution in [-0.2, 0) is 11.3 Å². The van der Waals surface area contributed by atoms with Gasteiger partial charge in [0.2, 0.25) is 5.91 Å². The monoisotopic (exact) mass is 383 g/mol. The molecule has 1 atom stereocenters. The van der Waals surface area contributed by atoms with Gasteiger partial charge in [-0.3, -0.25) is 14.9 Å². The summed E-state index contributed by atoms with van der Waals surface area (Å²) in [6.07, 6.45) is 1.05. The van der Waals surface area contributed by atoms with Crippen LogP contribution in [-0.4, -0.2) is 33.8 Å². The number of benzene rings is 2. The SMILES string of the molecule is CCC1CC(=O)N(Cc2ccc([N+](=O)[O-])cc2)N=C1c1ccc(OC)c(O)c1. The molecule has 0 fully saturated rings. The van der Waals surface area contributed by atoms with E-state index in [1.165, 1.54) is 24.3 Å². The van der Waals surface area contributed by atoms with Gasteiger partial charge < -0.3 is 9.84 Å². The Morgan fingerprint density at radius 3 is 2.57 bits per heavy atom. The molecule has 1 aliphatic heterocycles. The number of nitro benzene ring substituents is 1. The summed E-state index contributed by atoms with van der Waals surface area (Å²) in [6, 6.07) is 11.1. The largest absolute Gasteiger partial charge is 0.504 e. The smallest absolute Gasteiger partial charge is 0.269 e. The number of carbonyl (C=O) groups excluding carboxylic acids is 1. The van der Waals surface area contributed by atoms with Crippen LogP contribution in [0.4, 0.5) is 5.69 Å². The number of phenols is 1. The molecule has 0 saturated heterocycles. The number of hydrogen-bond donors (Lipinski definition) is 1. The van der Waals surface area contributed by atoms with E-state index in [0.29, 0.717) is 12.2 Å². The number of aromatic hydroxyl groups is 1. The van der Waals surface area contributed by atoms with Crippen LogP contribution in [0.3, 0.4) is 0 Å². The molecule has 0 radical (unpaired) electrons. The van der Waals surface area contributed by atoms with E-state index in [4.69, 9.17) is 4.74 Å². The van der Waals surface area contributed by atoms with Gasteiger partial charge in [0.25, 0.3) is 5.69 Å². The lowest BCUT2D eigenvalue weighted by atomic mass is 9.89. The molecule has 2 aromatic rings. The molecule has 0 spiro atoms.